The molecule has 0 radical (unpaired) electrons. The second-order valence-electron chi connectivity index (χ2n) is 8.96. The molecule has 3 aliphatic heterocycles. The number of benzene rings is 1. The molecule has 9 nitrogen and oxygen atoms in total. The van der Waals surface area contributed by atoms with E-state index in [9.17, 15) is 9.59 Å². The van der Waals surface area contributed by atoms with Gasteiger partial charge in [0.15, 0.2) is 12.0 Å². The molecule has 0 N–H and O–H groups in total. The molecule has 0 aromatic heterocycles. The van der Waals surface area contributed by atoms with E-state index in [-0.39, 0.29) is 18.3 Å². The first kappa shape index (κ1) is 24.7. The molecule has 34 heavy (non-hydrogen) atoms. The van der Waals surface area contributed by atoms with Gasteiger partial charge in [0.2, 0.25) is 0 Å². The van der Waals surface area contributed by atoms with Crippen molar-refractivity contribution >= 4 is 17.6 Å². The van der Waals surface area contributed by atoms with Crippen molar-refractivity contribution in [2.45, 2.75) is 65.2 Å². The van der Waals surface area contributed by atoms with E-state index in [4.69, 9.17) is 23.9 Å². The van der Waals surface area contributed by atoms with E-state index in [0.29, 0.717) is 44.5 Å². The van der Waals surface area contributed by atoms with Crippen LogP contribution in [0.3, 0.4) is 0 Å². The number of carbonyl (C=O) groups excluding carboxylic acids is 2. The standard InChI is InChI=1S/C25H34N2O7/c1-6-31-24(29)33-22-21(19-10-9-16(2)17(3)18(19)4)23(28)27(34-20-8-7-15-32-20)25(22)11-13-26(30-5)14-12-25/h9-10,20H,6-8,11-15H2,1-5H3. The zero-order chi connectivity index (χ0) is 24.5. The lowest BCUT2D eigenvalue weighted by Gasteiger charge is -2.43. The van der Waals surface area contributed by atoms with Crippen molar-refractivity contribution in [1.29, 1.82) is 0 Å². The highest BCUT2D eigenvalue weighted by Gasteiger charge is 2.58. The van der Waals surface area contributed by atoms with E-state index in [2.05, 4.69) is 0 Å². The lowest BCUT2D eigenvalue weighted by atomic mass is 9.85. The van der Waals surface area contributed by atoms with Crippen molar-refractivity contribution in [3.05, 3.63) is 40.1 Å². The van der Waals surface area contributed by atoms with Crippen molar-refractivity contribution in [3.8, 4) is 0 Å². The molecule has 1 atom stereocenters. The molecular formula is C25H34N2O7. The van der Waals surface area contributed by atoms with Gasteiger partial charge in [-0.3, -0.25) is 4.79 Å². The van der Waals surface area contributed by atoms with Crippen LogP contribution in [-0.4, -0.2) is 67.4 Å². The third kappa shape index (κ3) is 4.33. The highest BCUT2D eigenvalue weighted by molar-refractivity contribution is 6.23. The number of piperidine rings is 1. The van der Waals surface area contributed by atoms with Gasteiger partial charge in [-0.15, -0.1) is 0 Å². The second kappa shape index (κ2) is 10.0. The summed E-state index contributed by atoms with van der Waals surface area (Å²) < 4.78 is 16.7. The Balaban J connectivity index is 1.85. The smallest absolute Gasteiger partial charge is 0.434 e. The number of rotatable bonds is 6. The molecule has 0 saturated carbocycles. The van der Waals surface area contributed by atoms with Crippen LogP contribution in [0.15, 0.2) is 17.9 Å². The third-order valence-electron chi connectivity index (χ3n) is 7.13. The minimum Gasteiger partial charge on any atom is -0.434 e. The molecule has 0 aliphatic carbocycles. The number of hydroxylamine groups is 4. The van der Waals surface area contributed by atoms with Crippen LogP contribution >= 0.6 is 0 Å². The number of amides is 1. The molecule has 1 aromatic carbocycles. The molecule has 1 spiro atoms. The summed E-state index contributed by atoms with van der Waals surface area (Å²) in [5.41, 5.74) is 3.23. The number of aryl methyl sites for hydroxylation is 1. The summed E-state index contributed by atoms with van der Waals surface area (Å²) in [6.45, 7) is 9.55. The summed E-state index contributed by atoms with van der Waals surface area (Å²) in [6, 6.07) is 3.89. The Kier molecular flexibility index (Phi) is 7.28. The van der Waals surface area contributed by atoms with Gasteiger partial charge in [-0.2, -0.15) is 5.06 Å². The average Bonchev–Trinajstić information content (AvgIpc) is 3.41. The Hall–Kier alpha value is -2.46. The fourth-order valence-electron chi connectivity index (χ4n) is 4.93. The van der Waals surface area contributed by atoms with Gasteiger partial charge in [0.1, 0.15) is 5.54 Å². The molecule has 2 fully saturated rings. The minimum absolute atomic E-state index is 0.165. The maximum absolute atomic E-state index is 14.0. The van der Waals surface area contributed by atoms with E-state index in [1.54, 1.807) is 14.0 Å². The minimum atomic E-state index is -0.981. The molecule has 1 unspecified atom stereocenters. The van der Waals surface area contributed by atoms with Crippen LogP contribution in [0.5, 0.6) is 0 Å². The summed E-state index contributed by atoms with van der Waals surface area (Å²) in [5, 5.41) is 3.22. The summed E-state index contributed by atoms with van der Waals surface area (Å²) in [7, 11) is 1.62. The molecule has 2 saturated heterocycles. The molecule has 3 heterocycles. The van der Waals surface area contributed by atoms with Gasteiger partial charge in [0, 0.05) is 19.5 Å². The Labute approximate surface area is 200 Å². The number of carbonyl (C=O) groups is 2. The number of ether oxygens (including phenoxy) is 3. The average molecular weight is 475 g/mol. The normalized spacial score (nSPS) is 22.7. The van der Waals surface area contributed by atoms with Crippen molar-refractivity contribution in [1.82, 2.24) is 10.1 Å². The van der Waals surface area contributed by atoms with Gasteiger partial charge in [0.05, 0.1) is 25.9 Å². The van der Waals surface area contributed by atoms with Gasteiger partial charge in [-0.1, -0.05) is 12.1 Å². The second-order valence-corrected chi connectivity index (χ2v) is 8.96. The van der Waals surface area contributed by atoms with Crippen LogP contribution in [0.25, 0.3) is 5.57 Å². The molecule has 186 valence electrons. The van der Waals surface area contributed by atoms with Gasteiger partial charge in [0.25, 0.3) is 5.91 Å². The number of nitrogens with zero attached hydrogens (tertiary/aromatic N) is 2. The molecule has 3 aliphatic rings. The lowest BCUT2D eigenvalue weighted by molar-refractivity contribution is -0.291. The first-order chi connectivity index (χ1) is 16.3. The topological polar surface area (TPSA) is 86.8 Å². The lowest BCUT2D eigenvalue weighted by Crippen LogP contribution is -2.56. The van der Waals surface area contributed by atoms with Crippen LogP contribution in [0.1, 0.15) is 54.9 Å². The van der Waals surface area contributed by atoms with E-state index >= 15 is 0 Å². The molecule has 4 rings (SSSR count). The van der Waals surface area contributed by atoms with Crippen molar-refractivity contribution in [2.24, 2.45) is 0 Å². The van der Waals surface area contributed by atoms with E-state index < -0.39 is 18.0 Å². The van der Waals surface area contributed by atoms with Crippen LogP contribution < -0.4 is 0 Å². The van der Waals surface area contributed by atoms with Gasteiger partial charge >= 0.3 is 6.16 Å². The largest absolute Gasteiger partial charge is 0.513 e. The molecule has 1 amide bonds. The van der Waals surface area contributed by atoms with Crippen LogP contribution in [0, 0.1) is 20.8 Å². The fourth-order valence-corrected chi connectivity index (χ4v) is 4.93. The number of hydrogen-bond acceptors (Lipinski definition) is 8. The Bertz CT molecular complexity index is 976. The Morgan fingerprint density at radius 3 is 2.53 bits per heavy atom. The molecular weight excluding hydrogens is 440 g/mol. The fraction of sp³-hybridized carbons (Fsp3) is 0.600. The van der Waals surface area contributed by atoms with Crippen molar-refractivity contribution < 1.29 is 33.5 Å². The molecule has 1 aromatic rings. The SMILES string of the molecule is CCOC(=O)OC1=C(c2ccc(C)c(C)c2C)C(=O)N(OC2CCCO2)C12CCN(OC)CC2. The van der Waals surface area contributed by atoms with Gasteiger partial charge in [-0.05, 0) is 69.2 Å². The Morgan fingerprint density at radius 2 is 1.91 bits per heavy atom. The molecule has 9 heteroatoms. The van der Waals surface area contributed by atoms with Crippen LogP contribution in [0.2, 0.25) is 0 Å². The van der Waals surface area contributed by atoms with E-state index in [0.717, 1.165) is 28.7 Å². The van der Waals surface area contributed by atoms with Gasteiger partial charge in [-0.25, -0.2) is 14.7 Å². The van der Waals surface area contributed by atoms with Crippen LogP contribution in [-0.2, 0) is 28.7 Å². The first-order valence-corrected chi connectivity index (χ1v) is 11.9. The van der Waals surface area contributed by atoms with Crippen LogP contribution in [0.4, 0.5) is 4.79 Å². The monoisotopic (exact) mass is 474 g/mol. The summed E-state index contributed by atoms with van der Waals surface area (Å²) in [6.07, 6.45) is 1.11. The Morgan fingerprint density at radius 1 is 1.18 bits per heavy atom. The third-order valence-corrected chi connectivity index (χ3v) is 7.13. The zero-order valence-corrected chi connectivity index (χ0v) is 20.6. The number of hydrogen-bond donors (Lipinski definition) is 0. The maximum atomic E-state index is 14.0. The highest BCUT2D eigenvalue weighted by atomic mass is 16.8. The quantitative estimate of drug-likeness (QED) is 0.576. The summed E-state index contributed by atoms with van der Waals surface area (Å²) in [4.78, 5) is 38.2. The first-order valence-electron chi connectivity index (χ1n) is 11.9. The zero-order valence-electron chi connectivity index (χ0n) is 20.6. The summed E-state index contributed by atoms with van der Waals surface area (Å²) in [5.74, 6) is -0.0666. The predicted molar refractivity (Wildman–Crippen MR) is 123 cm³/mol. The van der Waals surface area contributed by atoms with Crippen molar-refractivity contribution in [2.75, 3.05) is 33.4 Å². The predicted octanol–water partition coefficient (Wildman–Crippen LogP) is 3.80. The maximum Gasteiger partial charge on any atom is 0.513 e. The van der Waals surface area contributed by atoms with E-state index in [1.165, 1.54) is 5.06 Å². The van der Waals surface area contributed by atoms with Crippen molar-refractivity contribution in [3.63, 3.8) is 0 Å². The van der Waals surface area contributed by atoms with Gasteiger partial charge < -0.3 is 19.0 Å². The summed E-state index contributed by atoms with van der Waals surface area (Å²) >= 11 is 0. The van der Waals surface area contributed by atoms with E-state index in [1.807, 2.05) is 38.0 Å². The highest BCUT2D eigenvalue weighted by Crippen LogP contribution is 2.48. The molecule has 0 bridgehead atoms.